The van der Waals surface area contributed by atoms with E-state index in [2.05, 4.69) is 116 Å². The Hall–Kier alpha value is -12.3. The minimum absolute atomic E-state index is 0.0212. The van der Waals surface area contributed by atoms with E-state index in [4.69, 9.17) is 163 Å². The van der Waals surface area contributed by atoms with Crippen LogP contribution in [0.4, 0.5) is 0 Å². The van der Waals surface area contributed by atoms with E-state index in [0.29, 0.717) is 85.8 Å². The predicted octanol–water partition coefficient (Wildman–Crippen LogP) is 27.2. The van der Waals surface area contributed by atoms with Gasteiger partial charge in [0.25, 0.3) is 0 Å². The van der Waals surface area contributed by atoms with E-state index in [1.165, 1.54) is 100 Å². The molecule has 0 saturated heterocycles. The largest absolute Gasteiger partial charge is 0.493 e. The molecule has 0 aliphatic heterocycles. The number of methoxy groups -OCH3 is 6. The van der Waals surface area contributed by atoms with E-state index >= 15 is 0 Å². The van der Waals surface area contributed by atoms with Crippen molar-refractivity contribution in [1.29, 1.82) is 0 Å². The third-order valence-corrected chi connectivity index (χ3v) is 23.6. The van der Waals surface area contributed by atoms with Crippen LogP contribution in [0.25, 0.3) is 0 Å². The first-order chi connectivity index (χ1) is 66.8. The van der Waals surface area contributed by atoms with Crippen molar-refractivity contribution in [3.8, 4) is 74.7 Å². The fourth-order valence-corrected chi connectivity index (χ4v) is 15.2. The third-order valence-electron chi connectivity index (χ3n) is 21.7. The quantitative estimate of drug-likeness (QED) is 0.0318. The Bertz CT molecular complexity index is 5840. The lowest BCUT2D eigenvalue weighted by Crippen LogP contribution is -2.11. The molecule has 1 saturated carbocycles. The Kier molecular flexibility index (Phi) is 46.7. The highest BCUT2D eigenvalue weighted by molar-refractivity contribution is 7.80. The molecule has 1 aliphatic rings. The molecule has 1 N–H and O–H groups in total. The molecule has 12 aromatic rings. The van der Waals surface area contributed by atoms with Gasteiger partial charge in [0.05, 0.1) is 61.4 Å². The van der Waals surface area contributed by atoms with Gasteiger partial charge in [0.15, 0.2) is 0 Å². The Morgan fingerprint density at radius 2 is 0.511 bits per heavy atom. The molecule has 0 spiro atoms. The van der Waals surface area contributed by atoms with Crippen molar-refractivity contribution >= 4 is 117 Å². The standard InChI is InChI=1S/C20H22O3S.C19H22O4S.C19H22O3S.C18H20O4S.C18H20O3S2.C18H20O3S/c1-13-7-10-18(14(2)11-13)22-12-17-16(15-8-9-15)5-4-6-19(17)23-20(24)21-3;1-5-21-17-7-6-8-18(23-19(24)20-4)15(17)12-22-16-10-9-13(2)11-14(16)3;1-5-15-7-6-8-18(22-19(23)20-4)16(15)12-21-17-10-9-13(2)11-14(17)3;1-12-7-8-16(13(2)9-12)21-11-15-14(10-19)5-4-6-17(15)22-18(23)20-3;1-12-7-8-16(13(2)9-12)20-10-15-14(11-22)5-4-6-17(15)21-18(23)19-3;1-12-8-9-16(14(3)10-12)20-11-15-13(2)6-5-7-17(15)21-18(22)19-4/h4-7,10-11,15H,8-9,12H2,1-3H3;6-11H,5,12H2,1-4H3;6-11H,5,12H2,1-4H3;4-9,19H,10-11H2,1-3H3;4-9,22H,10-11H2,1-3H3;5-10H,11H2,1-4H3. The van der Waals surface area contributed by atoms with Gasteiger partial charge in [-0.05, 0) is 262 Å². The first-order valence-corrected chi connectivity index (χ1v) is 48.1. The summed E-state index contributed by atoms with van der Waals surface area (Å²) < 4.78 is 105. The van der Waals surface area contributed by atoms with Crippen LogP contribution in [0.5, 0.6) is 74.7 Å². The molecule has 0 bridgehead atoms. The Morgan fingerprint density at radius 3 is 0.806 bits per heavy atom. The smallest absolute Gasteiger partial charge is 0.357 e. The summed E-state index contributed by atoms with van der Waals surface area (Å²) in [5.74, 6) is 10.8. The van der Waals surface area contributed by atoms with Gasteiger partial charge in [-0.3, -0.25) is 0 Å². The van der Waals surface area contributed by atoms with Crippen molar-refractivity contribution in [2.75, 3.05) is 49.3 Å². The van der Waals surface area contributed by atoms with Crippen LogP contribution in [-0.4, -0.2) is 85.8 Å². The summed E-state index contributed by atoms with van der Waals surface area (Å²) in [6.45, 7) is 33.3. The summed E-state index contributed by atoms with van der Waals surface area (Å²) in [6.07, 6.45) is 3.33. The Morgan fingerprint density at radius 1 is 0.266 bits per heavy atom. The van der Waals surface area contributed by atoms with Crippen LogP contribution in [-0.2, 0) is 86.8 Å². The maximum Gasteiger partial charge on any atom is 0.357 e. The molecule has 0 atom stereocenters. The molecule has 20 nitrogen and oxygen atoms in total. The zero-order valence-electron chi connectivity index (χ0n) is 82.9. The number of aryl methyl sites for hydroxylation is 14. The van der Waals surface area contributed by atoms with Crippen molar-refractivity contribution < 1.29 is 95.1 Å². The van der Waals surface area contributed by atoms with Gasteiger partial charge in [-0.15, -0.1) is 0 Å². The van der Waals surface area contributed by atoms with Gasteiger partial charge in [0.2, 0.25) is 0 Å². The summed E-state index contributed by atoms with van der Waals surface area (Å²) in [5.41, 5.74) is 24.6. The van der Waals surface area contributed by atoms with Crippen LogP contribution >= 0.6 is 85.9 Å². The monoisotopic (exact) mass is 2010 g/mol. The molecule has 0 unspecified atom stereocenters. The highest BCUT2D eigenvalue weighted by Gasteiger charge is 2.29. The number of thiocarbonyl (C=S) groups is 6. The second kappa shape index (κ2) is 57.9. The summed E-state index contributed by atoms with van der Waals surface area (Å²) in [7, 11) is 8.90. The first kappa shape index (κ1) is 112. The molecule has 13 rings (SSSR count). The number of rotatable bonds is 30. The van der Waals surface area contributed by atoms with E-state index in [9.17, 15) is 5.11 Å². The van der Waals surface area contributed by atoms with Gasteiger partial charge in [-0.25, -0.2) is 0 Å². The van der Waals surface area contributed by atoms with E-state index in [1.807, 2.05) is 207 Å². The fraction of sp³-hybridized carbons (Fsp3) is 0.304. The number of thiol groups is 1. The van der Waals surface area contributed by atoms with Gasteiger partial charge in [-0.2, -0.15) is 12.6 Å². The minimum atomic E-state index is -0.109. The molecule has 0 amide bonds. The van der Waals surface area contributed by atoms with Crippen LogP contribution in [0.3, 0.4) is 0 Å². The number of ether oxygens (including phenoxy) is 19. The lowest BCUT2D eigenvalue weighted by atomic mass is 10.0. The maximum atomic E-state index is 9.55. The van der Waals surface area contributed by atoms with Crippen molar-refractivity contribution in [2.45, 2.75) is 181 Å². The van der Waals surface area contributed by atoms with Crippen LogP contribution in [0, 0.1) is 90.0 Å². The molecule has 1 aliphatic carbocycles. The number of hydrogen-bond donors (Lipinski definition) is 2. The number of aliphatic hydroxyl groups excluding tert-OH is 1. The van der Waals surface area contributed by atoms with E-state index in [1.54, 1.807) is 12.1 Å². The molecular formula is C112H126O20S7. The molecular weight excluding hydrogens is 1890 g/mol. The predicted molar refractivity (Wildman–Crippen MR) is 577 cm³/mol. The molecule has 0 heterocycles. The zero-order valence-corrected chi connectivity index (χ0v) is 88.7. The van der Waals surface area contributed by atoms with Crippen LogP contribution < -0.4 is 61.6 Å². The number of aliphatic hydroxyl groups is 1. The van der Waals surface area contributed by atoms with Crippen LogP contribution in [0.1, 0.15) is 161 Å². The number of hydrogen-bond acceptors (Lipinski definition) is 27. The second-order valence-electron chi connectivity index (χ2n) is 32.3. The average Bonchev–Trinajstić information content (AvgIpc) is 1.67. The van der Waals surface area contributed by atoms with Gasteiger partial charge < -0.3 is 95.1 Å². The van der Waals surface area contributed by atoms with E-state index < -0.39 is 0 Å². The molecule has 139 heavy (non-hydrogen) atoms. The van der Waals surface area contributed by atoms with Gasteiger partial charge in [0, 0.05) is 107 Å². The van der Waals surface area contributed by atoms with Crippen molar-refractivity contribution in [3.63, 3.8) is 0 Å². The highest BCUT2D eigenvalue weighted by Crippen LogP contribution is 2.45. The minimum Gasteiger partial charge on any atom is -0.493 e. The zero-order chi connectivity index (χ0) is 101. The summed E-state index contributed by atoms with van der Waals surface area (Å²) in [6, 6.07) is 71.1. The second-order valence-corrected chi connectivity index (χ2v) is 34.7. The summed E-state index contributed by atoms with van der Waals surface area (Å²) >= 11 is 34.3. The molecule has 1 fully saturated rings. The third kappa shape index (κ3) is 35.8. The normalized spacial score (nSPS) is 10.8. The van der Waals surface area contributed by atoms with Crippen molar-refractivity contribution in [2.24, 2.45) is 0 Å². The highest BCUT2D eigenvalue weighted by atomic mass is 32.1. The van der Waals surface area contributed by atoms with E-state index in [0.717, 1.165) is 130 Å². The molecule has 27 heteroatoms. The maximum absolute atomic E-state index is 9.55. The molecule has 12 aromatic carbocycles. The lowest BCUT2D eigenvalue weighted by molar-refractivity contribution is 0.263. The average molecular weight is 2020 g/mol. The molecule has 0 aromatic heterocycles. The van der Waals surface area contributed by atoms with Gasteiger partial charge >= 0.3 is 31.4 Å². The number of benzene rings is 12. The topological polar surface area (TPSA) is 196 Å². The molecule has 0 radical (unpaired) electrons. The SMILES string of the molecule is CCOc1cccc(OC(=S)OC)c1COc1ccc(C)cc1C.CCc1cccc(OC(=S)OC)c1COc1ccc(C)cc1C.COC(=S)Oc1cccc(C)c1COc1ccc(C)cc1C.COC(=S)Oc1cccc(C2CC2)c1COc1ccc(C)cc1C.COC(=S)Oc1cccc(CO)c1COc1ccc(C)cc1C.COC(=S)Oc1cccc(CS)c1COc1ccc(C)cc1C. The van der Waals surface area contributed by atoms with E-state index in [-0.39, 0.29) is 44.6 Å². The van der Waals surface area contributed by atoms with Crippen LogP contribution in [0.2, 0.25) is 0 Å². The Balaban J connectivity index is 0.000000205. The van der Waals surface area contributed by atoms with Gasteiger partial charge in [-0.1, -0.05) is 180 Å². The molecule has 736 valence electrons. The van der Waals surface area contributed by atoms with Crippen molar-refractivity contribution in [3.05, 3.63) is 346 Å². The summed E-state index contributed by atoms with van der Waals surface area (Å²) in [4.78, 5) is 0. The lowest BCUT2D eigenvalue weighted by Gasteiger charge is -2.16. The van der Waals surface area contributed by atoms with Gasteiger partial charge in [0.1, 0.15) is 114 Å². The van der Waals surface area contributed by atoms with Crippen LogP contribution in [0.15, 0.2) is 218 Å². The van der Waals surface area contributed by atoms with Crippen molar-refractivity contribution in [1.82, 2.24) is 0 Å². The Labute approximate surface area is 857 Å². The fourth-order valence-electron chi connectivity index (χ4n) is 14.3. The summed E-state index contributed by atoms with van der Waals surface area (Å²) in [5, 5.41) is 10.0. The first-order valence-electron chi connectivity index (χ1n) is 45.0.